The average molecular weight is 419 g/mol. The van der Waals surface area contributed by atoms with Gasteiger partial charge in [-0.15, -0.1) is 0 Å². The number of nitrogens with one attached hydrogen (secondary N) is 1. The summed E-state index contributed by atoms with van der Waals surface area (Å²) in [6.45, 7) is 1.60. The van der Waals surface area contributed by atoms with Gasteiger partial charge in [-0.3, -0.25) is 19.8 Å². The Morgan fingerprint density at radius 2 is 1.87 bits per heavy atom. The van der Waals surface area contributed by atoms with Crippen molar-refractivity contribution in [3.05, 3.63) is 71.9 Å². The van der Waals surface area contributed by atoms with Crippen LogP contribution in [0.5, 0.6) is 0 Å². The zero-order valence-electron chi connectivity index (χ0n) is 15.9. The van der Waals surface area contributed by atoms with E-state index in [2.05, 4.69) is 5.32 Å². The largest absolute Gasteiger partial charge is 0.480 e. The van der Waals surface area contributed by atoms with Crippen LogP contribution >= 0.6 is 12.2 Å². The van der Waals surface area contributed by atoms with E-state index in [1.807, 2.05) is 6.07 Å². The van der Waals surface area contributed by atoms with Gasteiger partial charge in [0.05, 0.1) is 5.69 Å². The first-order valence-corrected chi connectivity index (χ1v) is 9.57. The molecule has 1 aliphatic rings. The summed E-state index contributed by atoms with van der Waals surface area (Å²) in [5, 5.41) is 12.6. The Morgan fingerprint density at radius 1 is 1.13 bits per heavy atom. The van der Waals surface area contributed by atoms with Crippen molar-refractivity contribution in [2.75, 3.05) is 4.90 Å². The first kappa shape index (κ1) is 19.5. The molecule has 7 nitrogen and oxygen atoms in total. The number of fused-ring (bicyclic) bond motifs is 1. The number of anilines is 1. The third-order valence-electron chi connectivity index (χ3n) is 4.95. The standard InChI is InChI=1S/C22H17N3O4S/c1-13(21(28)29)24-10-9-15-11-14(7-8-18(15)24)12-17-19(26)23-22(30)25(20(17)27)16-5-3-2-4-6-16/h2-13H,1H3,(H,28,29)(H,23,26,30)/b17-12+/t13-/m1/s1. The van der Waals surface area contributed by atoms with E-state index >= 15 is 0 Å². The smallest absolute Gasteiger partial charge is 0.326 e. The maximum absolute atomic E-state index is 13.0. The molecule has 1 saturated heterocycles. The lowest BCUT2D eigenvalue weighted by Crippen LogP contribution is -2.54. The van der Waals surface area contributed by atoms with Gasteiger partial charge in [0.2, 0.25) is 0 Å². The molecule has 150 valence electrons. The molecule has 0 radical (unpaired) electrons. The van der Waals surface area contributed by atoms with E-state index in [0.29, 0.717) is 11.3 Å². The molecule has 0 bridgehead atoms. The van der Waals surface area contributed by atoms with Gasteiger partial charge in [-0.1, -0.05) is 24.3 Å². The lowest BCUT2D eigenvalue weighted by Gasteiger charge is -2.28. The van der Waals surface area contributed by atoms with Crippen LogP contribution in [0.25, 0.3) is 17.0 Å². The quantitative estimate of drug-likeness (QED) is 0.385. The highest BCUT2D eigenvalue weighted by molar-refractivity contribution is 7.80. The maximum Gasteiger partial charge on any atom is 0.326 e. The topological polar surface area (TPSA) is 91.6 Å². The molecule has 1 aromatic heterocycles. The van der Waals surface area contributed by atoms with Crippen molar-refractivity contribution < 1.29 is 19.5 Å². The van der Waals surface area contributed by atoms with Crippen LogP contribution in [-0.4, -0.2) is 32.6 Å². The summed E-state index contributed by atoms with van der Waals surface area (Å²) in [6, 6.07) is 15.2. The molecule has 0 aliphatic carbocycles. The Morgan fingerprint density at radius 3 is 2.57 bits per heavy atom. The minimum absolute atomic E-state index is 0.0311. The van der Waals surface area contributed by atoms with Gasteiger partial charge in [0.1, 0.15) is 11.6 Å². The molecule has 0 spiro atoms. The van der Waals surface area contributed by atoms with Crippen molar-refractivity contribution in [3.8, 4) is 0 Å². The molecule has 0 unspecified atom stereocenters. The molecule has 2 N–H and O–H groups in total. The lowest BCUT2D eigenvalue weighted by atomic mass is 10.1. The van der Waals surface area contributed by atoms with Gasteiger partial charge < -0.3 is 9.67 Å². The zero-order chi connectivity index (χ0) is 21.4. The monoisotopic (exact) mass is 419 g/mol. The molecule has 2 amide bonds. The van der Waals surface area contributed by atoms with Crippen LogP contribution in [-0.2, 0) is 14.4 Å². The number of rotatable bonds is 4. The molecule has 1 atom stereocenters. The van der Waals surface area contributed by atoms with Crippen LogP contribution in [0.15, 0.2) is 66.4 Å². The van der Waals surface area contributed by atoms with Gasteiger partial charge in [0, 0.05) is 17.1 Å². The number of thiocarbonyl (C=S) groups is 1. The van der Waals surface area contributed by atoms with Crippen LogP contribution in [0.4, 0.5) is 5.69 Å². The number of amides is 2. The van der Waals surface area contributed by atoms with Crippen LogP contribution in [0.3, 0.4) is 0 Å². The number of hydrogen-bond acceptors (Lipinski definition) is 4. The highest BCUT2D eigenvalue weighted by atomic mass is 32.1. The van der Waals surface area contributed by atoms with E-state index in [1.165, 1.54) is 11.0 Å². The number of hydrogen-bond donors (Lipinski definition) is 2. The van der Waals surface area contributed by atoms with Crippen LogP contribution in [0.2, 0.25) is 0 Å². The molecule has 3 aromatic rings. The summed E-state index contributed by atoms with van der Waals surface area (Å²) >= 11 is 5.19. The number of para-hydroxylation sites is 1. The second-order valence-electron chi connectivity index (χ2n) is 6.85. The van der Waals surface area contributed by atoms with E-state index in [4.69, 9.17) is 12.2 Å². The Labute approximate surface area is 177 Å². The van der Waals surface area contributed by atoms with Crippen molar-refractivity contribution in [3.63, 3.8) is 0 Å². The first-order valence-electron chi connectivity index (χ1n) is 9.17. The SMILES string of the molecule is C[C@H](C(=O)O)n1ccc2cc(/C=C3\C(=O)NC(=S)N(c4ccccc4)C3=O)ccc21. The summed E-state index contributed by atoms with van der Waals surface area (Å²) in [5.74, 6) is -2.00. The Balaban J connectivity index is 1.72. The van der Waals surface area contributed by atoms with Crippen molar-refractivity contribution in [2.24, 2.45) is 0 Å². The van der Waals surface area contributed by atoms with E-state index in [0.717, 1.165) is 10.9 Å². The number of carboxylic acid groups (broad SMARTS) is 1. The number of carboxylic acids is 1. The number of aliphatic carboxylic acids is 1. The van der Waals surface area contributed by atoms with Crippen molar-refractivity contribution in [2.45, 2.75) is 13.0 Å². The predicted octanol–water partition coefficient (Wildman–Crippen LogP) is 3.12. The van der Waals surface area contributed by atoms with Gasteiger partial charge in [-0.2, -0.15) is 0 Å². The highest BCUT2D eigenvalue weighted by Gasteiger charge is 2.34. The van der Waals surface area contributed by atoms with E-state index < -0.39 is 23.8 Å². The van der Waals surface area contributed by atoms with Crippen LogP contribution in [0.1, 0.15) is 18.5 Å². The molecule has 1 fully saturated rings. The third kappa shape index (κ3) is 3.37. The average Bonchev–Trinajstić information content (AvgIpc) is 3.14. The molecule has 8 heteroatoms. The second-order valence-corrected chi connectivity index (χ2v) is 7.24. The van der Waals surface area contributed by atoms with Crippen molar-refractivity contribution >= 4 is 57.8 Å². The molecule has 2 aromatic carbocycles. The molecular weight excluding hydrogens is 402 g/mol. The fraction of sp³-hybridized carbons (Fsp3) is 0.0909. The number of carbonyl (C=O) groups is 3. The number of nitrogens with zero attached hydrogens (tertiary/aromatic N) is 2. The fourth-order valence-electron chi connectivity index (χ4n) is 3.36. The summed E-state index contributed by atoms with van der Waals surface area (Å²) in [4.78, 5) is 38.0. The van der Waals surface area contributed by atoms with Gasteiger partial charge >= 0.3 is 5.97 Å². The minimum atomic E-state index is -0.930. The zero-order valence-corrected chi connectivity index (χ0v) is 16.7. The third-order valence-corrected chi connectivity index (χ3v) is 5.23. The number of aromatic nitrogens is 1. The summed E-state index contributed by atoms with van der Waals surface area (Å²) < 4.78 is 1.66. The summed E-state index contributed by atoms with van der Waals surface area (Å²) in [5.41, 5.74) is 1.92. The van der Waals surface area contributed by atoms with Crippen molar-refractivity contribution in [1.29, 1.82) is 0 Å². The summed E-state index contributed by atoms with van der Waals surface area (Å²) in [6.07, 6.45) is 3.21. The normalized spacial score (nSPS) is 16.8. The Kier molecular flexibility index (Phi) is 4.93. The summed E-state index contributed by atoms with van der Waals surface area (Å²) in [7, 11) is 0. The molecule has 30 heavy (non-hydrogen) atoms. The lowest BCUT2D eigenvalue weighted by molar-refractivity contribution is -0.140. The van der Waals surface area contributed by atoms with E-state index in [1.54, 1.807) is 66.2 Å². The van der Waals surface area contributed by atoms with Crippen molar-refractivity contribution in [1.82, 2.24) is 9.88 Å². The molecule has 0 saturated carbocycles. The molecular formula is C22H17N3O4S. The molecule has 1 aliphatic heterocycles. The van der Waals surface area contributed by atoms with Crippen LogP contribution < -0.4 is 10.2 Å². The first-order chi connectivity index (χ1) is 14.4. The Bertz CT molecular complexity index is 1230. The van der Waals surface area contributed by atoms with E-state index in [-0.39, 0.29) is 10.7 Å². The maximum atomic E-state index is 13.0. The predicted molar refractivity (Wildman–Crippen MR) is 117 cm³/mol. The van der Waals surface area contributed by atoms with E-state index in [9.17, 15) is 19.5 Å². The van der Waals surface area contributed by atoms with Gasteiger partial charge in [-0.05, 0) is 61.1 Å². The van der Waals surface area contributed by atoms with Gasteiger partial charge in [-0.25, -0.2) is 4.79 Å². The second kappa shape index (κ2) is 7.57. The molecule has 2 heterocycles. The molecule has 4 rings (SSSR count). The number of benzene rings is 2. The van der Waals surface area contributed by atoms with Crippen LogP contribution in [0, 0.1) is 0 Å². The van der Waals surface area contributed by atoms with Gasteiger partial charge in [0.25, 0.3) is 11.8 Å². The highest BCUT2D eigenvalue weighted by Crippen LogP contribution is 2.25. The Hall–Kier alpha value is -3.78. The van der Waals surface area contributed by atoms with Gasteiger partial charge in [0.15, 0.2) is 5.11 Å². The number of carbonyl (C=O) groups excluding carboxylic acids is 2. The minimum Gasteiger partial charge on any atom is -0.480 e. The fourth-order valence-corrected chi connectivity index (χ4v) is 3.65.